The molecule has 0 nitrogen and oxygen atoms in total. The van der Waals surface area contributed by atoms with E-state index in [1.54, 1.807) is 86.5 Å². The van der Waals surface area contributed by atoms with Crippen LogP contribution in [-0.4, -0.2) is 11.6 Å². The summed E-state index contributed by atoms with van der Waals surface area (Å²) in [6.07, 6.45) is 31.6. The molecule has 7 heteroatoms. The molecule has 0 heterocycles. The van der Waals surface area contributed by atoms with Gasteiger partial charge in [-0.2, -0.15) is 12.1 Å². The molecular weight excluding hydrogens is 1160 g/mol. The predicted octanol–water partition coefficient (Wildman–Crippen LogP) is 14.7. The van der Waals surface area contributed by atoms with E-state index in [-0.39, 0.29) is 24.8 Å². The van der Waals surface area contributed by atoms with Crippen molar-refractivity contribution >= 4 is 27.0 Å². The van der Waals surface area contributed by atoms with Crippen LogP contribution in [0, 0.1) is 94.7 Å². The van der Waals surface area contributed by atoms with Crippen LogP contribution in [0.2, 0.25) is 12.6 Å². The number of alkyl halides is 3. The van der Waals surface area contributed by atoms with E-state index >= 15 is 0 Å². The van der Waals surface area contributed by atoms with E-state index in [2.05, 4.69) is 109 Å². The summed E-state index contributed by atoms with van der Waals surface area (Å²) in [5.74, 6) is 16.4. The molecule has 438 valence electrons. The van der Waals surface area contributed by atoms with Gasteiger partial charge in [-0.3, -0.25) is 0 Å². The van der Waals surface area contributed by atoms with Gasteiger partial charge in [0.15, 0.2) is 0 Å². The summed E-state index contributed by atoms with van der Waals surface area (Å²) >= 11 is 1.29. The molecular formula is C76H89Cl2F3SiZr-2. The second-order valence-electron chi connectivity index (χ2n) is 31.4. The Morgan fingerprint density at radius 2 is 0.759 bits per heavy atom. The number of halogens is 5. The molecule has 0 atom stereocenters. The summed E-state index contributed by atoms with van der Waals surface area (Å²) < 4.78 is 34.3. The van der Waals surface area contributed by atoms with Crippen molar-refractivity contribution in [1.29, 1.82) is 0 Å². The van der Waals surface area contributed by atoms with Crippen LogP contribution < -0.4 is 24.8 Å². The Morgan fingerprint density at radius 1 is 0.446 bits per heavy atom. The predicted molar refractivity (Wildman–Crippen MR) is 325 cm³/mol. The fourth-order valence-electron chi connectivity index (χ4n) is 23.9. The second kappa shape index (κ2) is 22.9. The molecule has 16 saturated carbocycles. The molecule has 0 unspecified atom stereocenters. The van der Waals surface area contributed by atoms with Gasteiger partial charge in [0.2, 0.25) is 0 Å². The topological polar surface area (TPSA) is 0 Å². The first-order valence-electron chi connectivity index (χ1n) is 33.5. The van der Waals surface area contributed by atoms with Crippen LogP contribution >= 0.6 is 0 Å². The molecule has 6 aromatic carbocycles. The van der Waals surface area contributed by atoms with Crippen LogP contribution in [0.25, 0.3) is 43.8 Å². The number of hydrogen-bond acceptors (Lipinski definition) is 0. The molecule has 22 rings (SSSR count). The van der Waals surface area contributed by atoms with Crippen molar-refractivity contribution in [1.82, 2.24) is 0 Å². The molecule has 0 radical (unpaired) electrons. The molecule has 16 fully saturated rings. The van der Waals surface area contributed by atoms with E-state index in [9.17, 15) is 13.2 Å². The van der Waals surface area contributed by atoms with Crippen molar-refractivity contribution in [2.24, 2.45) is 94.7 Å². The van der Waals surface area contributed by atoms with E-state index in [1.807, 2.05) is 6.55 Å². The molecule has 0 aromatic heterocycles. The van der Waals surface area contributed by atoms with Crippen molar-refractivity contribution in [3.05, 3.63) is 131 Å². The van der Waals surface area contributed by atoms with Crippen molar-refractivity contribution in [2.75, 3.05) is 0 Å². The zero-order valence-corrected chi connectivity index (χ0v) is 54.4. The Bertz CT molecular complexity index is 2970. The van der Waals surface area contributed by atoms with Crippen LogP contribution in [0.3, 0.4) is 0 Å². The standard InChI is InChI=1S/2C36H41.C4H7F3Si.2ClH.Zr/c2*1-2-29-12-24(17-34-30-13-22-8-23(15-30)16-31(34)14-22)18-35(29)33(3-1)28-4-6-32(7-5-28)36-19-25-9-26(20-36)11-27(10-25)21-36;1-8-3-2-4(5,6)7;;;/h2*1-7,12,18,22-23,25-27,30-31,34H,8-11,13-17,19-21H2;2-3H2,1H3;2*1H;/q2*-1;;;;+2/p-2. The van der Waals surface area contributed by atoms with Gasteiger partial charge < -0.3 is 24.8 Å². The van der Waals surface area contributed by atoms with Crippen molar-refractivity contribution in [3.63, 3.8) is 0 Å². The van der Waals surface area contributed by atoms with E-state index in [4.69, 9.17) is 0 Å². The van der Waals surface area contributed by atoms with Crippen molar-refractivity contribution < 1.29 is 61.3 Å². The van der Waals surface area contributed by atoms with E-state index in [0.717, 1.165) is 94.7 Å². The fourth-order valence-corrected chi connectivity index (χ4v) is 25.5. The number of benzene rings is 4. The molecule has 16 aliphatic carbocycles. The SMILES string of the molecule is C[Si](=[Zr+2])CCC(F)(F)F.[Cl-].[Cl-].c1cc(-c2ccc(C34CC5CC(CC(C5)C3)C4)cc2)c2cc(CC3C4CC5CC(C4)CC3C5)[cH-]c2c1.c1cc(-c2ccc(C34CC5CC(CC(C5)C3)C4)cc2)c2cc(CC3C4CC5CC(C4)CC3C5)[cH-]c2c1. The first-order valence-corrected chi connectivity index (χ1v) is 39.4. The minimum atomic E-state index is -3.93. The summed E-state index contributed by atoms with van der Waals surface area (Å²) in [6, 6.07) is 44.6. The smallest absolute Gasteiger partial charge is 0.00391 e. The van der Waals surface area contributed by atoms with E-state index < -0.39 is 18.0 Å². The Morgan fingerprint density at radius 3 is 1.05 bits per heavy atom. The van der Waals surface area contributed by atoms with Gasteiger partial charge in [0.05, 0.1) is 0 Å². The van der Waals surface area contributed by atoms with E-state index in [1.165, 1.54) is 157 Å². The summed E-state index contributed by atoms with van der Waals surface area (Å²) in [7, 11) is 0. The van der Waals surface area contributed by atoms with Crippen molar-refractivity contribution in [2.45, 2.75) is 190 Å². The van der Waals surface area contributed by atoms with Gasteiger partial charge >= 0.3 is 67.1 Å². The second-order valence-corrected chi connectivity index (χ2v) is 39.7. The molecule has 0 spiro atoms. The summed E-state index contributed by atoms with van der Waals surface area (Å²) in [5.41, 5.74) is 12.7. The summed E-state index contributed by atoms with van der Waals surface area (Å²) in [6.45, 7) is 1.93. The zero-order chi connectivity index (χ0) is 54.4. The van der Waals surface area contributed by atoms with Gasteiger partial charge in [-0.15, -0.1) is 69.1 Å². The first-order chi connectivity index (χ1) is 39.3. The monoisotopic (exact) mass is 1250 g/mol. The number of fused-ring (bicyclic) bond motifs is 2. The number of hydrogen-bond donors (Lipinski definition) is 0. The Balaban J connectivity index is 0.000000127. The molecule has 0 N–H and O–H groups in total. The van der Waals surface area contributed by atoms with Crippen LogP contribution in [0.15, 0.2) is 109 Å². The third-order valence-electron chi connectivity index (χ3n) is 25.9. The maximum absolute atomic E-state index is 11.4. The van der Waals surface area contributed by atoms with Gasteiger partial charge in [-0.25, -0.2) is 0 Å². The molecule has 16 bridgehead atoms. The number of rotatable bonds is 10. The molecule has 6 aromatic rings. The molecule has 0 amide bonds. The van der Waals surface area contributed by atoms with E-state index in [0.29, 0.717) is 16.9 Å². The van der Waals surface area contributed by atoms with Crippen LogP contribution in [0.1, 0.15) is 170 Å². The fraction of sp³-hybridized carbons (Fsp3) is 0.605. The van der Waals surface area contributed by atoms with Gasteiger partial charge in [-0.1, -0.05) is 71.8 Å². The average Bonchev–Trinajstić information content (AvgIpc) is 4.32. The third-order valence-corrected chi connectivity index (χ3v) is 28.7. The van der Waals surface area contributed by atoms with Crippen molar-refractivity contribution in [3.8, 4) is 22.3 Å². The van der Waals surface area contributed by atoms with Crippen LogP contribution in [-0.2, 0) is 47.0 Å². The largest absolute Gasteiger partial charge is 1.00 e. The Kier molecular flexibility index (Phi) is 16.1. The summed E-state index contributed by atoms with van der Waals surface area (Å²) in [5, 5.41) is 5.88. The van der Waals surface area contributed by atoms with Gasteiger partial charge in [-0.05, 0) is 282 Å². The molecule has 83 heavy (non-hydrogen) atoms. The normalized spacial score (nSPS) is 37.7. The van der Waals surface area contributed by atoms with Gasteiger partial charge in [0, 0.05) is 0 Å². The van der Waals surface area contributed by atoms with Gasteiger partial charge in [0.1, 0.15) is 0 Å². The van der Waals surface area contributed by atoms with Crippen LogP contribution in [0.5, 0.6) is 0 Å². The van der Waals surface area contributed by atoms with Crippen LogP contribution in [0.4, 0.5) is 13.2 Å². The quantitative estimate of drug-likeness (QED) is 0.0947. The third kappa shape index (κ3) is 11.3. The summed E-state index contributed by atoms with van der Waals surface area (Å²) in [4.78, 5) is 0. The maximum atomic E-state index is 11.4. The minimum Gasteiger partial charge on any atom is -1.00 e. The minimum absolute atomic E-state index is 0. The first kappa shape index (κ1) is 58.3. The Hall–Kier alpha value is -2.43. The Labute approximate surface area is 522 Å². The average molecular weight is 1250 g/mol. The molecule has 0 aliphatic heterocycles. The molecule has 0 saturated heterocycles. The molecule has 16 aliphatic rings. The van der Waals surface area contributed by atoms with Gasteiger partial charge in [0.25, 0.3) is 0 Å². The maximum Gasteiger partial charge on any atom is -0.00391 e. The zero-order valence-electron chi connectivity index (χ0n) is 49.4.